The van der Waals surface area contributed by atoms with Crippen molar-refractivity contribution in [3.63, 3.8) is 0 Å². The van der Waals surface area contributed by atoms with Gasteiger partial charge in [-0.2, -0.15) is 5.10 Å². The Balaban J connectivity index is 1.75. The van der Waals surface area contributed by atoms with E-state index >= 15 is 0 Å². The maximum atomic E-state index is 13.2. The second kappa shape index (κ2) is 7.29. The molecular weight excluding hydrogens is 382 g/mol. The van der Waals surface area contributed by atoms with E-state index in [9.17, 15) is 9.59 Å². The summed E-state index contributed by atoms with van der Waals surface area (Å²) in [6.07, 6.45) is 1.82. The van der Waals surface area contributed by atoms with Crippen LogP contribution in [0.1, 0.15) is 39.9 Å². The van der Waals surface area contributed by atoms with E-state index in [-0.39, 0.29) is 23.1 Å². The maximum absolute atomic E-state index is 13.2. The van der Waals surface area contributed by atoms with Crippen molar-refractivity contribution in [3.8, 4) is 5.69 Å². The molecule has 1 aliphatic heterocycles. The van der Waals surface area contributed by atoms with E-state index in [4.69, 9.17) is 11.6 Å². The minimum absolute atomic E-state index is 0.00812. The van der Waals surface area contributed by atoms with Gasteiger partial charge in [-0.15, -0.1) is 11.3 Å². The van der Waals surface area contributed by atoms with E-state index in [1.807, 2.05) is 35.7 Å². The predicted molar refractivity (Wildman–Crippen MR) is 107 cm³/mol. The Kier molecular flexibility index (Phi) is 4.85. The molecule has 3 aromatic rings. The van der Waals surface area contributed by atoms with Crippen molar-refractivity contribution >= 4 is 28.8 Å². The molecule has 1 aliphatic rings. The molecule has 1 unspecified atom stereocenters. The Hall–Kier alpha value is -2.44. The summed E-state index contributed by atoms with van der Waals surface area (Å²) in [6, 6.07) is 12.7. The smallest absolute Gasteiger partial charge is 0.278 e. The van der Waals surface area contributed by atoms with E-state index in [1.165, 1.54) is 6.07 Å². The Labute approximate surface area is 165 Å². The molecule has 2 aromatic heterocycles. The molecule has 0 radical (unpaired) electrons. The number of hydrogen-bond acceptors (Lipinski definition) is 4. The van der Waals surface area contributed by atoms with Gasteiger partial charge in [0, 0.05) is 23.2 Å². The standard InChI is InChI=1S/C20H18ClN3O2S/c1-13-12-17(25)19(22-24(13)15-7-3-2-6-14(15)21)20(26)23-10-4-8-16(23)18-9-5-11-27-18/h2-3,5-7,9,11-12,16H,4,8,10H2,1H3. The molecule has 0 spiro atoms. The van der Waals surface area contributed by atoms with E-state index in [0.717, 1.165) is 17.7 Å². The van der Waals surface area contributed by atoms with Crippen LogP contribution >= 0.6 is 22.9 Å². The first-order valence-electron chi connectivity index (χ1n) is 8.76. The van der Waals surface area contributed by atoms with Crippen molar-refractivity contribution in [2.45, 2.75) is 25.8 Å². The predicted octanol–water partition coefficient (Wildman–Crippen LogP) is 4.23. The summed E-state index contributed by atoms with van der Waals surface area (Å²) in [5.41, 5.74) is 0.837. The highest BCUT2D eigenvalue weighted by Crippen LogP contribution is 2.35. The summed E-state index contributed by atoms with van der Waals surface area (Å²) in [6.45, 7) is 2.40. The highest BCUT2D eigenvalue weighted by Gasteiger charge is 2.33. The molecule has 138 valence electrons. The summed E-state index contributed by atoms with van der Waals surface area (Å²) < 4.78 is 1.56. The number of para-hydroxylation sites is 1. The summed E-state index contributed by atoms with van der Waals surface area (Å²) in [4.78, 5) is 28.6. The molecule has 1 amide bonds. The number of nitrogens with zero attached hydrogens (tertiary/aromatic N) is 3. The van der Waals surface area contributed by atoms with E-state index in [2.05, 4.69) is 5.10 Å². The zero-order valence-corrected chi connectivity index (χ0v) is 16.3. The number of likely N-dealkylation sites (tertiary alicyclic amines) is 1. The monoisotopic (exact) mass is 399 g/mol. The molecule has 4 rings (SSSR count). The Morgan fingerprint density at radius 1 is 1.26 bits per heavy atom. The lowest BCUT2D eigenvalue weighted by molar-refractivity contribution is 0.0728. The normalized spacial score (nSPS) is 16.7. The number of carbonyl (C=O) groups excluding carboxylic acids is 1. The first-order chi connectivity index (χ1) is 13.1. The van der Waals surface area contributed by atoms with Gasteiger partial charge in [0.05, 0.1) is 16.8 Å². The fraction of sp³-hybridized carbons (Fsp3) is 0.250. The fourth-order valence-corrected chi connectivity index (χ4v) is 4.57. The number of carbonyl (C=O) groups is 1. The Morgan fingerprint density at radius 2 is 2.07 bits per heavy atom. The Bertz CT molecular complexity index is 1050. The van der Waals surface area contributed by atoms with Crippen LogP contribution < -0.4 is 5.43 Å². The van der Waals surface area contributed by atoms with Crippen LogP contribution in [0, 0.1) is 6.92 Å². The lowest BCUT2D eigenvalue weighted by Gasteiger charge is -2.23. The molecule has 1 fully saturated rings. The van der Waals surface area contributed by atoms with Crippen molar-refractivity contribution < 1.29 is 4.79 Å². The topological polar surface area (TPSA) is 55.2 Å². The second-order valence-corrected chi connectivity index (χ2v) is 7.92. The molecule has 0 N–H and O–H groups in total. The summed E-state index contributed by atoms with van der Waals surface area (Å²) >= 11 is 7.92. The lowest BCUT2D eigenvalue weighted by Crippen LogP contribution is -2.35. The molecule has 5 nitrogen and oxygen atoms in total. The number of benzene rings is 1. The third-order valence-electron chi connectivity index (χ3n) is 4.78. The van der Waals surface area contributed by atoms with Gasteiger partial charge in [-0.25, -0.2) is 4.68 Å². The minimum Gasteiger partial charge on any atom is -0.329 e. The molecule has 3 heterocycles. The molecule has 7 heteroatoms. The first kappa shape index (κ1) is 17.9. The Morgan fingerprint density at radius 3 is 2.81 bits per heavy atom. The zero-order chi connectivity index (χ0) is 19.0. The number of aryl methyl sites for hydroxylation is 1. The van der Waals surface area contributed by atoms with Gasteiger partial charge in [0.15, 0.2) is 5.69 Å². The molecule has 1 atom stereocenters. The van der Waals surface area contributed by atoms with E-state index < -0.39 is 0 Å². The van der Waals surface area contributed by atoms with Crippen LogP contribution in [-0.2, 0) is 0 Å². The minimum atomic E-state index is -0.363. The van der Waals surface area contributed by atoms with Crippen molar-refractivity contribution in [1.82, 2.24) is 14.7 Å². The van der Waals surface area contributed by atoms with Gasteiger partial charge in [0.25, 0.3) is 5.91 Å². The molecule has 1 saturated heterocycles. The van der Waals surface area contributed by atoms with Crippen molar-refractivity contribution in [3.05, 3.63) is 79.4 Å². The molecular formula is C20H18ClN3O2S. The van der Waals surface area contributed by atoms with Gasteiger partial charge in [0.1, 0.15) is 0 Å². The van der Waals surface area contributed by atoms with Crippen molar-refractivity contribution in [2.24, 2.45) is 0 Å². The molecule has 1 aromatic carbocycles. The van der Waals surface area contributed by atoms with Crippen LogP contribution in [0.4, 0.5) is 0 Å². The summed E-state index contributed by atoms with van der Waals surface area (Å²) in [5, 5.41) is 6.91. The van der Waals surface area contributed by atoms with Crippen LogP contribution in [0.25, 0.3) is 5.69 Å². The maximum Gasteiger partial charge on any atom is 0.278 e. The third kappa shape index (κ3) is 3.31. The highest BCUT2D eigenvalue weighted by molar-refractivity contribution is 7.10. The summed E-state index contributed by atoms with van der Waals surface area (Å²) in [7, 11) is 0. The fourth-order valence-electron chi connectivity index (χ4n) is 3.49. The third-order valence-corrected chi connectivity index (χ3v) is 6.07. The van der Waals surface area contributed by atoms with Gasteiger partial charge < -0.3 is 4.90 Å². The average Bonchev–Trinajstić information content (AvgIpc) is 3.33. The van der Waals surface area contributed by atoms with E-state index in [0.29, 0.717) is 22.9 Å². The van der Waals surface area contributed by atoms with Gasteiger partial charge in [0.2, 0.25) is 5.43 Å². The van der Waals surface area contributed by atoms with Gasteiger partial charge in [-0.1, -0.05) is 29.8 Å². The largest absolute Gasteiger partial charge is 0.329 e. The number of rotatable bonds is 3. The number of aromatic nitrogens is 2. The highest BCUT2D eigenvalue weighted by atomic mass is 35.5. The SMILES string of the molecule is Cc1cc(=O)c(C(=O)N2CCCC2c2cccs2)nn1-c1ccccc1Cl. The summed E-state index contributed by atoms with van der Waals surface area (Å²) in [5.74, 6) is -0.322. The number of hydrogen-bond donors (Lipinski definition) is 0. The van der Waals surface area contributed by atoms with Crippen LogP contribution in [0.2, 0.25) is 5.02 Å². The quantitative estimate of drug-likeness (QED) is 0.662. The zero-order valence-electron chi connectivity index (χ0n) is 14.8. The number of amides is 1. The van der Waals surface area contributed by atoms with Crippen LogP contribution in [0.3, 0.4) is 0 Å². The van der Waals surface area contributed by atoms with Crippen molar-refractivity contribution in [1.29, 1.82) is 0 Å². The average molecular weight is 400 g/mol. The second-order valence-electron chi connectivity index (χ2n) is 6.53. The van der Waals surface area contributed by atoms with Gasteiger partial charge in [-0.3, -0.25) is 9.59 Å². The van der Waals surface area contributed by atoms with Gasteiger partial charge in [-0.05, 0) is 43.3 Å². The van der Waals surface area contributed by atoms with Crippen LogP contribution in [0.5, 0.6) is 0 Å². The first-order valence-corrected chi connectivity index (χ1v) is 10.0. The van der Waals surface area contributed by atoms with Gasteiger partial charge >= 0.3 is 0 Å². The molecule has 0 bridgehead atoms. The molecule has 0 saturated carbocycles. The van der Waals surface area contributed by atoms with Crippen LogP contribution in [-0.4, -0.2) is 27.1 Å². The van der Waals surface area contributed by atoms with E-state index in [1.54, 1.807) is 33.9 Å². The number of halogens is 1. The molecule has 0 aliphatic carbocycles. The van der Waals surface area contributed by atoms with Crippen LogP contribution in [0.15, 0.2) is 52.6 Å². The molecule has 27 heavy (non-hydrogen) atoms. The van der Waals surface area contributed by atoms with Crippen molar-refractivity contribution in [2.75, 3.05) is 6.54 Å². The lowest BCUT2D eigenvalue weighted by atomic mass is 10.2. The number of thiophene rings is 1.